The molecule has 16 heteroatoms. The molecule has 16 nitrogen and oxygen atoms in total. The standard InChI is InChI=1S/C33H62N8O8/c1-10-19(6)26(41-29(44)22(9)36-27(42)20(7)37-30(45)23(35)15-17(2)3)32(47)40-25(16-18(4)5)31(46)38-21(8)28(43)39-24(33(48)49)13-11-12-14-34/h17-26H,10-16,34-35H2,1-9H3,(H,36,42)(H,37,45)(H,38,46)(H,39,43)(H,40,47)(H,41,44)(H,48,49)/t19-,20-,21-,22-,23-,24-,25-,26-/m0/s1. The first-order valence-corrected chi connectivity index (χ1v) is 17.3. The minimum absolute atomic E-state index is 0.0478. The van der Waals surface area contributed by atoms with Crippen LogP contribution in [0.3, 0.4) is 0 Å². The maximum atomic E-state index is 13.5. The molecule has 11 N–H and O–H groups in total. The van der Waals surface area contributed by atoms with Crippen LogP contribution in [0, 0.1) is 17.8 Å². The summed E-state index contributed by atoms with van der Waals surface area (Å²) in [6.07, 6.45) is 2.42. The number of hydrogen-bond acceptors (Lipinski definition) is 9. The summed E-state index contributed by atoms with van der Waals surface area (Å²) in [5, 5.41) is 24.9. The van der Waals surface area contributed by atoms with Gasteiger partial charge in [-0.3, -0.25) is 28.8 Å². The van der Waals surface area contributed by atoms with E-state index in [0.717, 1.165) is 0 Å². The summed E-state index contributed by atoms with van der Waals surface area (Å²) in [6, 6.07) is -7.23. The first kappa shape index (κ1) is 45.2. The Labute approximate surface area is 290 Å². The quantitative estimate of drug-likeness (QED) is 0.0625. The Balaban J connectivity index is 5.57. The van der Waals surface area contributed by atoms with E-state index in [4.69, 9.17) is 11.5 Å². The van der Waals surface area contributed by atoms with Crippen molar-refractivity contribution in [2.45, 2.75) is 143 Å². The smallest absolute Gasteiger partial charge is 0.326 e. The number of unbranched alkanes of at least 4 members (excludes halogenated alkanes) is 1. The molecule has 0 saturated heterocycles. The van der Waals surface area contributed by atoms with E-state index in [1.165, 1.54) is 20.8 Å². The maximum absolute atomic E-state index is 13.5. The second-order valence-electron chi connectivity index (χ2n) is 13.7. The van der Waals surface area contributed by atoms with Crippen molar-refractivity contribution in [2.75, 3.05) is 6.54 Å². The monoisotopic (exact) mass is 698 g/mol. The summed E-state index contributed by atoms with van der Waals surface area (Å²) < 4.78 is 0. The Hall–Kier alpha value is -3.79. The van der Waals surface area contributed by atoms with Crippen LogP contribution >= 0.6 is 0 Å². The largest absolute Gasteiger partial charge is 0.480 e. The van der Waals surface area contributed by atoms with Crippen LogP contribution in [0.5, 0.6) is 0 Å². The summed E-state index contributed by atoms with van der Waals surface area (Å²) in [4.78, 5) is 89.4. The van der Waals surface area contributed by atoms with Gasteiger partial charge in [-0.25, -0.2) is 4.79 Å². The lowest BCUT2D eigenvalue weighted by atomic mass is 9.96. The lowest BCUT2D eigenvalue weighted by molar-refractivity contribution is -0.142. The van der Waals surface area contributed by atoms with Crippen molar-refractivity contribution >= 4 is 41.4 Å². The lowest BCUT2D eigenvalue weighted by Crippen LogP contribution is -2.60. The van der Waals surface area contributed by atoms with E-state index in [-0.39, 0.29) is 30.6 Å². The number of carboxylic acid groups (broad SMARTS) is 1. The highest BCUT2D eigenvalue weighted by Crippen LogP contribution is 2.12. The van der Waals surface area contributed by atoms with Crippen LogP contribution < -0.4 is 43.4 Å². The van der Waals surface area contributed by atoms with Crippen LogP contribution in [0.15, 0.2) is 0 Å². The molecule has 0 heterocycles. The fraction of sp³-hybridized carbons (Fsp3) is 0.788. The van der Waals surface area contributed by atoms with E-state index in [1.807, 2.05) is 34.6 Å². The Kier molecular flexibility index (Phi) is 21.0. The molecule has 0 radical (unpaired) electrons. The molecule has 49 heavy (non-hydrogen) atoms. The van der Waals surface area contributed by atoms with Crippen molar-refractivity contribution in [1.29, 1.82) is 0 Å². The molecule has 0 spiro atoms. The number of amides is 6. The predicted octanol–water partition coefficient (Wildman–Crippen LogP) is -0.366. The summed E-state index contributed by atoms with van der Waals surface area (Å²) >= 11 is 0. The van der Waals surface area contributed by atoms with Gasteiger partial charge in [-0.15, -0.1) is 0 Å². The first-order valence-electron chi connectivity index (χ1n) is 17.3. The molecule has 0 aromatic heterocycles. The molecule has 0 aliphatic carbocycles. The Bertz CT molecular complexity index is 1120. The third kappa shape index (κ3) is 17.4. The minimum Gasteiger partial charge on any atom is -0.480 e. The van der Waals surface area contributed by atoms with Crippen LogP contribution in [0.4, 0.5) is 0 Å². The second-order valence-corrected chi connectivity index (χ2v) is 13.7. The van der Waals surface area contributed by atoms with E-state index < -0.39 is 83.7 Å². The van der Waals surface area contributed by atoms with Gasteiger partial charge in [-0.2, -0.15) is 0 Å². The van der Waals surface area contributed by atoms with Crippen molar-refractivity contribution in [2.24, 2.45) is 29.2 Å². The molecular formula is C33H62N8O8. The molecule has 6 amide bonds. The Morgan fingerprint density at radius 3 is 1.49 bits per heavy atom. The lowest BCUT2D eigenvalue weighted by Gasteiger charge is -2.29. The van der Waals surface area contributed by atoms with Crippen LogP contribution in [0.2, 0.25) is 0 Å². The average molecular weight is 699 g/mol. The van der Waals surface area contributed by atoms with Crippen LogP contribution in [0.1, 0.15) is 101 Å². The van der Waals surface area contributed by atoms with Crippen molar-refractivity contribution in [1.82, 2.24) is 31.9 Å². The summed E-state index contributed by atoms with van der Waals surface area (Å²) in [5.41, 5.74) is 11.4. The number of carbonyl (C=O) groups excluding carboxylic acids is 6. The van der Waals surface area contributed by atoms with Gasteiger partial charge in [0.15, 0.2) is 0 Å². The fourth-order valence-corrected chi connectivity index (χ4v) is 4.78. The van der Waals surface area contributed by atoms with E-state index in [9.17, 15) is 38.7 Å². The predicted molar refractivity (Wildman–Crippen MR) is 185 cm³/mol. The Morgan fingerprint density at radius 1 is 0.571 bits per heavy atom. The van der Waals surface area contributed by atoms with E-state index in [2.05, 4.69) is 31.9 Å². The van der Waals surface area contributed by atoms with Crippen LogP contribution in [-0.2, 0) is 33.6 Å². The fourth-order valence-electron chi connectivity index (χ4n) is 4.78. The van der Waals surface area contributed by atoms with Gasteiger partial charge in [-0.1, -0.05) is 48.0 Å². The van der Waals surface area contributed by atoms with Gasteiger partial charge < -0.3 is 48.5 Å². The van der Waals surface area contributed by atoms with Crippen molar-refractivity contribution in [3.8, 4) is 0 Å². The average Bonchev–Trinajstić information content (AvgIpc) is 3.01. The molecule has 0 aliphatic rings. The molecule has 282 valence electrons. The number of nitrogens with one attached hydrogen (secondary N) is 6. The van der Waals surface area contributed by atoms with Crippen molar-refractivity contribution in [3.05, 3.63) is 0 Å². The van der Waals surface area contributed by atoms with Gasteiger partial charge >= 0.3 is 5.97 Å². The van der Waals surface area contributed by atoms with Gasteiger partial charge in [0.2, 0.25) is 35.4 Å². The molecule has 8 atom stereocenters. The molecule has 0 aromatic carbocycles. The Morgan fingerprint density at radius 2 is 1.02 bits per heavy atom. The second kappa shape index (κ2) is 22.8. The zero-order valence-electron chi connectivity index (χ0n) is 30.7. The minimum atomic E-state index is -1.20. The molecule has 0 saturated carbocycles. The molecule has 0 unspecified atom stereocenters. The first-order chi connectivity index (χ1) is 22.7. The molecule has 0 aromatic rings. The molecule has 0 aliphatic heterocycles. The normalized spacial score (nSPS) is 16.2. The van der Waals surface area contributed by atoms with E-state index in [1.54, 1.807) is 6.92 Å². The van der Waals surface area contributed by atoms with Crippen LogP contribution in [-0.4, -0.2) is 95.4 Å². The summed E-state index contributed by atoms with van der Waals surface area (Å²) in [7, 11) is 0. The molecule has 0 rings (SSSR count). The number of nitrogens with two attached hydrogens (primary N) is 2. The molecule has 0 fully saturated rings. The zero-order chi connectivity index (χ0) is 38.0. The van der Waals surface area contributed by atoms with Gasteiger partial charge in [0, 0.05) is 0 Å². The van der Waals surface area contributed by atoms with Gasteiger partial charge in [0.05, 0.1) is 6.04 Å². The van der Waals surface area contributed by atoms with E-state index in [0.29, 0.717) is 32.2 Å². The summed E-state index contributed by atoms with van der Waals surface area (Å²) in [6.45, 7) is 15.8. The van der Waals surface area contributed by atoms with Crippen molar-refractivity contribution in [3.63, 3.8) is 0 Å². The molecular weight excluding hydrogens is 636 g/mol. The topological polar surface area (TPSA) is 264 Å². The summed E-state index contributed by atoms with van der Waals surface area (Å²) in [5.74, 6) is -5.18. The zero-order valence-corrected chi connectivity index (χ0v) is 30.7. The number of carboxylic acids is 1. The third-order valence-corrected chi connectivity index (χ3v) is 8.01. The SMILES string of the molecule is CC[C@H](C)[C@H](NC(=O)[C@H](C)NC(=O)[C@H](C)NC(=O)[C@@H](N)CC(C)C)C(=O)N[C@@H](CC(C)C)C(=O)N[C@@H](C)C(=O)N[C@@H](CCCCN)C(=O)O. The third-order valence-electron chi connectivity index (χ3n) is 8.01. The molecule has 0 bridgehead atoms. The van der Waals surface area contributed by atoms with Gasteiger partial charge in [0.1, 0.15) is 36.3 Å². The van der Waals surface area contributed by atoms with Crippen LogP contribution in [0.25, 0.3) is 0 Å². The number of carbonyl (C=O) groups is 7. The van der Waals surface area contributed by atoms with E-state index >= 15 is 0 Å². The number of aliphatic carboxylic acids is 1. The number of rotatable bonds is 23. The highest BCUT2D eigenvalue weighted by atomic mass is 16.4. The maximum Gasteiger partial charge on any atom is 0.326 e. The van der Waals surface area contributed by atoms with Crippen molar-refractivity contribution < 1.29 is 38.7 Å². The number of hydrogen-bond donors (Lipinski definition) is 9. The highest BCUT2D eigenvalue weighted by molar-refractivity contribution is 5.96. The van der Waals surface area contributed by atoms with Gasteiger partial charge in [-0.05, 0) is 77.2 Å². The van der Waals surface area contributed by atoms with Gasteiger partial charge in [0.25, 0.3) is 0 Å². The highest BCUT2D eigenvalue weighted by Gasteiger charge is 2.33.